The van der Waals surface area contributed by atoms with E-state index < -0.39 is 5.97 Å². The van der Waals surface area contributed by atoms with Gasteiger partial charge in [-0.05, 0) is 38.3 Å². The van der Waals surface area contributed by atoms with E-state index in [0.717, 1.165) is 19.3 Å². The van der Waals surface area contributed by atoms with E-state index in [0.29, 0.717) is 12.6 Å². The topological polar surface area (TPSA) is 75.3 Å². The molecule has 0 unspecified atom stereocenters. The van der Waals surface area contributed by atoms with Crippen molar-refractivity contribution in [2.75, 3.05) is 13.6 Å². The maximum atomic E-state index is 10.6. The van der Waals surface area contributed by atoms with Crippen molar-refractivity contribution in [3.8, 4) is 0 Å². The van der Waals surface area contributed by atoms with E-state index in [4.69, 9.17) is 10.8 Å². The minimum atomic E-state index is -0.734. The molecule has 4 N–H and O–H groups in total. The molecule has 0 spiro atoms. The van der Waals surface area contributed by atoms with Crippen LogP contribution in [0.5, 0.6) is 0 Å². The second kappa shape index (κ2) is 4.07. The lowest BCUT2D eigenvalue weighted by molar-refractivity contribution is -0.139. The summed E-state index contributed by atoms with van der Waals surface area (Å²) in [4.78, 5) is 10.6. The van der Waals surface area contributed by atoms with Crippen LogP contribution >= 0.6 is 0 Å². The molecule has 0 aromatic rings. The number of nitrogens with one attached hydrogen (secondary N) is 1. The van der Waals surface area contributed by atoms with Gasteiger partial charge in [0.1, 0.15) is 0 Å². The summed E-state index contributed by atoms with van der Waals surface area (Å²) in [6, 6.07) is 0.447. The van der Waals surface area contributed by atoms with Crippen molar-refractivity contribution in [3.63, 3.8) is 0 Å². The van der Waals surface area contributed by atoms with Crippen LogP contribution in [0.4, 0.5) is 0 Å². The van der Waals surface area contributed by atoms with E-state index in [2.05, 4.69) is 5.32 Å². The van der Waals surface area contributed by atoms with Crippen LogP contribution in [0.15, 0.2) is 0 Å². The highest BCUT2D eigenvalue weighted by Gasteiger charge is 2.39. The van der Waals surface area contributed by atoms with E-state index >= 15 is 0 Å². The smallest absolute Gasteiger partial charge is 0.303 e. The van der Waals surface area contributed by atoms with Crippen LogP contribution in [0, 0.1) is 5.41 Å². The third-order valence-corrected chi connectivity index (χ3v) is 3.07. The average Bonchev–Trinajstić information content (AvgIpc) is 2.48. The van der Waals surface area contributed by atoms with Gasteiger partial charge in [-0.25, -0.2) is 0 Å². The summed E-state index contributed by atoms with van der Waals surface area (Å²) in [5.41, 5.74) is 5.49. The number of nitrogens with two attached hydrogens (primary N) is 1. The van der Waals surface area contributed by atoms with E-state index in [-0.39, 0.29) is 11.8 Å². The first-order chi connectivity index (χ1) is 6.12. The summed E-state index contributed by atoms with van der Waals surface area (Å²) in [6.07, 6.45) is 3.08. The Bertz CT molecular complexity index is 196. The van der Waals surface area contributed by atoms with Gasteiger partial charge in [0.25, 0.3) is 0 Å². The fourth-order valence-corrected chi connectivity index (χ4v) is 2.19. The van der Waals surface area contributed by atoms with E-state index in [1.807, 2.05) is 7.05 Å². The summed E-state index contributed by atoms with van der Waals surface area (Å²) in [7, 11) is 1.91. The molecule has 0 radical (unpaired) electrons. The van der Waals surface area contributed by atoms with Gasteiger partial charge >= 0.3 is 5.97 Å². The van der Waals surface area contributed by atoms with Gasteiger partial charge < -0.3 is 16.2 Å². The van der Waals surface area contributed by atoms with Gasteiger partial charge in [-0.1, -0.05) is 0 Å². The summed E-state index contributed by atoms with van der Waals surface area (Å²) >= 11 is 0. The molecule has 76 valence electrons. The molecule has 1 aliphatic carbocycles. The quantitative estimate of drug-likeness (QED) is 0.585. The zero-order valence-electron chi connectivity index (χ0n) is 8.05. The van der Waals surface area contributed by atoms with Crippen LogP contribution in [-0.2, 0) is 4.79 Å². The minimum Gasteiger partial charge on any atom is -0.481 e. The molecule has 1 aliphatic rings. The first-order valence-electron chi connectivity index (χ1n) is 4.71. The molecular formula is C9H18N2O2. The fraction of sp³-hybridized carbons (Fsp3) is 0.889. The lowest BCUT2D eigenvalue weighted by Gasteiger charge is -2.25. The minimum absolute atomic E-state index is 0.153. The molecule has 4 heteroatoms. The van der Waals surface area contributed by atoms with Crippen LogP contribution in [0.3, 0.4) is 0 Å². The highest BCUT2D eigenvalue weighted by atomic mass is 16.4. The fourth-order valence-electron chi connectivity index (χ4n) is 2.19. The zero-order chi connectivity index (χ0) is 9.90. The molecule has 0 aromatic carbocycles. The molecule has 1 fully saturated rings. The number of rotatable bonds is 4. The van der Waals surface area contributed by atoms with Crippen molar-refractivity contribution >= 4 is 5.97 Å². The Morgan fingerprint density at radius 2 is 2.46 bits per heavy atom. The van der Waals surface area contributed by atoms with Crippen LogP contribution in [0.2, 0.25) is 0 Å². The first kappa shape index (κ1) is 10.5. The summed E-state index contributed by atoms with van der Waals surface area (Å²) in [5, 5.41) is 11.9. The highest BCUT2D eigenvalue weighted by molar-refractivity contribution is 5.67. The van der Waals surface area contributed by atoms with E-state index in [1.165, 1.54) is 0 Å². The summed E-state index contributed by atoms with van der Waals surface area (Å²) in [5.74, 6) is -0.734. The molecule has 0 saturated heterocycles. The largest absolute Gasteiger partial charge is 0.481 e. The Labute approximate surface area is 78.5 Å². The van der Waals surface area contributed by atoms with Gasteiger partial charge in [0, 0.05) is 6.04 Å². The highest BCUT2D eigenvalue weighted by Crippen LogP contribution is 2.40. The van der Waals surface area contributed by atoms with E-state index in [1.54, 1.807) is 0 Å². The Morgan fingerprint density at radius 3 is 2.85 bits per heavy atom. The molecule has 1 saturated carbocycles. The van der Waals surface area contributed by atoms with Gasteiger partial charge in [-0.3, -0.25) is 4.79 Å². The maximum Gasteiger partial charge on any atom is 0.303 e. The Kier molecular flexibility index (Phi) is 3.27. The normalized spacial score (nSPS) is 33.5. The van der Waals surface area contributed by atoms with Crippen molar-refractivity contribution in [2.45, 2.75) is 31.7 Å². The van der Waals surface area contributed by atoms with Crippen LogP contribution in [-0.4, -0.2) is 30.7 Å². The van der Waals surface area contributed by atoms with Crippen molar-refractivity contribution in [3.05, 3.63) is 0 Å². The molecular weight excluding hydrogens is 168 g/mol. The molecule has 0 aromatic heterocycles. The maximum absolute atomic E-state index is 10.6. The van der Waals surface area contributed by atoms with Crippen molar-refractivity contribution < 1.29 is 9.90 Å². The number of hydrogen-bond acceptors (Lipinski definition) is 3. The predicted molar refractivity (Wildman–Crippen MR) is 50.4 cm³/mol. The van der Waals surface area contributed by atoms with Gasteiger partial charge in [0.15, 0.2) is 0 Å². The number of carbonyl (C=O) groups is 1. The molecule has 0 bridgehead atoms. The van der Waals surface area contributed by atoms with Crippen LogP contribution in [0.1, 0.15) is 25.7 Å². The second-order valence-corrected chi connectivity index (χ2v) is 4.00. The Morgan fingerprint density at radius 1 is 1.77 bits per heavy atom. The number of carboxylic acids is 1. The molecule has 1 rings (SSSR count). The average molecular weight is 186 g/mol. The van der Waals surface area contributed by atoms with Gasteiger partial charge in [0.2, 0.25) is 0 Å². The lowest BCUT2D eigenvalue weighted by atomic mass is 9.82. The van der Waals surface area contributed by atoms with Crippen LogP contribution in [0.25, 0.3) is 0 Å². The first-order valence-corrected chi connectivity index (χ1v) is 4.71. The van der Waals surface area contributed by atoms with Gasteiger partial charge in [-0.15, -0.1) is 0 Å². The van der Waals surface area contributed by atoms with Crippen molar-refractivity contribution in [2.24, 2.45) is 11.1 Å². The molecule has 4 nitrogen and oxygen atoms in total. The second-order valence-electron chi connectivity index (χ2n) is 4.00. The molecule has 0 aliphatic heterocycles. The van der Waals surface area contributed by atoms with Crippen molar-refractivity contribution in [1.82, 2.24) is 5.32 Å². The summed E-state index contributed by atoms with van der Waals surface area (Å²) < 4.78 is 0. The number of aliphatic carboxylic acids is 1. The predicted octanol–water partition coefficient (Wildman–Crippen LogP) is 0.178. The summed E-state index contributed by atoms with van der Waals surface area (Å²) in [6.45, 7) is 0.484. The molecule has 0 amide bonds. The Balaban J connectivity index is 2.57. The third-order valence-electron chi connectivity index (χ3n) is 3.07. The zero-order valence-corrected chi connectivity index (χ0v) is 8.05. The molecule has 2 atom stereocenters. The van der Waals surface area contributed by atoms with Gasteiger partial charge in [-0.2, -0.15) is 0 Å². The standard InChI is InChI=1S/C9H18N2O2/c1-11-7-2-3-9(4-7,6-10)5-8(12)13/h7,11H,2-6,10H2,1H3,(H,12,13)/t7-,9-/m1/s1. The third kappa shape index (κ3) is 2.42. The molecule has 0 heterocycles. The monoisotopic (exact) mass is 186 g/mol. The number of carboxylic acid groups (broad SMARTS) is 1. The van der Waals surface area contributed by atoms with Gasteiger partial charge in [0.05, 0.1) is 6.42 Å². The van der Waals surface area contributed by atoms with Crippen molar-refractivity contribution in [1.29, 1.82) is 0 Å². The van der Waals surface area contributed by atoms with Crippen LogP contribution < -0.4 is 11.1 Å². The Hall–Kier alpha value is -0.610. The molecule has 13 heavy (non-hydrogen) atoms. The number of hydrogen-bond donors (Lipinski definition) is 3. The SMILES string of the molecule is CN[C@@H]1CC[C@](CN)(CC(=O)O)C1. The lowest BCUT2D eigenvalue weighted by Crippen LogP contribution is -2.33. The van der Waals surface area contributed by atoms with E-state index in [9.17, 15) is 4.79 Å².